The van der Waals surface area contributed by atoms with Gasteiger partial charge in [0.15, 0.2) is 4.96 Å². The van der Waals surface area contributed by atoms with Crippen molar-refractivity contribution in [3.63, 3.8) is 0 Å². The summed E-state index contributed by atoms with van der Waals surface area (Å²) in [7, 11) is 3.83. The van der Waals surface area contributed by atoms with Gasteiger partial charge in [0.25, 0.3) is 5.69 Å². The summed E-state index contributed by atoms with van der Waals surface area (Å²) in [6, 6.07) is 12.9. The third kappa shape index (κ3) is 2.79. The fourth-order valence-electron chi connectivity index (χ4n) is 6.93. The number of piperidine rings is 1. The van der Waals surface area contributed by atoms with Crippen LogP contribution < -0.4 is 4.74 Å². The summed E-state index contributed by atoms with van der Waals surface area (Å²) >= 11 is 1.64. The Balaban J connectivity index is 1.37. The van der Waals surface area contributed by atoms with Gasteiger partial charge in [-0.05, 0) is 61.8 Å². The Kier molecular flexibility index (Phi) is 4.50. The molecule has 1 fully saturated rings. The number of methoxy groups -OCH3 is 1. The van der Waals surface area contributed by atoms with E-state index in [-0.39, 0.29) is 11.7 Å². The first-order valence-electron chi connectivity index (χ1n) is 12.2. The van der Waals surface area contributed by atoms with Gasteiger partial charge in [0.1, 0.15) is 5.75 Å². The quantitative estimate of drug-likeness (QED) is 0.336. The number of hydrogen-bond acceptors (Lipinski definition) is 7. The molecule has 0 unspecified atom stereocenters. The van der Waals surface area contributed by atoms with E-state index in [2.05, 4.69) is 28.5 Å². The van der Waals surface area contributed by atoms with Crippen molar-refractivity contribution in [1.82, 2.24) is 14.3 Å². The van der Waals surface area contributed by atoms with Gasteiger partial charge >= 0.3 is 0 Å². The third-order valence-corrected chi connectivity index (χ3v) is 9.92. The number of hydrogen-bond donors (Lipinski definition) is 1. The van der Waals surface area contributed by atoms with Crippen LogP contribution in [0.25, 0.3) is 16.2 Å². The van der Waals surface area contributed by atoms with Crippen LogP contribution in [0, 0.1) is 10.1 Å². The van der Waals surface area contributed by atoms with E-state index in [9.17, 15) is 15.2 Å². The highest BCUT2D eigenvalue weighted by atomic mass is 32.1. The lowest BCUT2D eigenvalue weighted by Crippen LogP contribution is -2.73. The monoisotopic (exact) mass is 502 g/mol. The summed E-state index contributed by atoms with van der Waals surface area (Å²) in [5.41, 5.74) is 4.17. The molecule has 1 aliphatic heterocycles. The lowest BCUT2D eigenvalue weighted by molar-refractivity contribution is -0.384. The van der Waals surface area contributed by atoms with Crippen molar-refractivity contribution in [2.45, 2.75) is 42.7 Å². The van der Waals surface area contributed by atoms with Crippen LogP contribution in [0.1, 0.15) is 28.1 Å². The van der Waals surface area contributed by atoms with Crippen LogP contribution in [0.2, 0.25) is 0 Å². The zero-order valence-corrected chi connectivity index (χ0v) is 20.9. The molecular formula is C27H26N4O4S. The molecule has 0 spiro atoms. The zero-order chi connectivity index (χ0) is 24.8. The summed E-state index contributed by atoms with van der Waals surface area (Å²) in [4.78, 5) is 19.9. The molecule has 9 heteroatoms. The van der Waals surface area contributed by atoms with Crippen LogP contribution >= 0.6 is 11.3 Å². The van der Waals surface area contributed by atoms with Gasteiger partial charge in [0, 0.05) is 58.8 Å². The second kappa shape index (κ2) is 7.38. The van der Waals surface area contributed by atoms with Gasteiger partial charge in [-0.3, -0.25) is 14.5 Å². The van der Waals surface area contributed by atoms with Crippen LogP contribution in [0.3, 0.4) is 0 Å². The number of fused-ring (bicyclic) bond motifs is 4. The van der Waals surface area contributed by atoms with Crippen molar-refractivity contribution < 1.29 is 14.8 Å². The second-order valence-corrected chi connectivity index (χ2v) is 11.5. The Morgan fingerprint density at radius 3 is 2.78 bits per heavy atom. The van der Waals surface area contributed by atoms with Gasteiger partial charge in [-0.15, -0.1) is 11.3 Å². The Labute approximate surface area is 211 Å². The average Bonchev–Trinajstić information content (AvgIpc) is 3.42. The van der Waals surface area contributed by atoms with Gasteiger partial charge in [-0.2, -0.15) is 0 Å². The van der Waals surface area contributed by atoms with E-state index in [1.165, 1.54) is 33.8 Å². The number of aromatic nitrogens is 2. The van der Waals surface area contributed by atoms with E-state index >= 15 is 0 Å². The largest absolute Gasteiger partial charge is 0.497 e. The first kappa shape index (κ1) is 22.0. The number of benzene rings is 2. The first-order chi connectivity index (χ1) is 17.3. The highest BCUT2D eigenvalue weighted by Gasteiger charge is 2.64. The van der Waals surface area contributed by atoms with E-state index in [4.69, 9.17) is 9.72 Å². The molecule has 184 valence electrons. The molecule has 0 amide bonds. The Bertz CT molecular complexity index is 1540. The molecule has 0 radical (unpaired) electrons. The number of nitrogens with zero attached hydrogens (tertiary/aromatic N) is 4. The molecule has 2 aliphatic carbocycles. The number of imidazole rings is 1. The van der Waals surface area contributed by atoms with E-state index in [1.54, 1.807) is 30.6 Å². The van der Waals surface area contributed by atoms with Crippen molar-refractivity contribution >= 4 is 22.0 Å². The molecule has 2 aromatic carbocycles. The van der Waals surface area contributed by atoms with Crippen LogP contribution in [0.4, 0.5) is 5.69 Å². The number of ether oxygens (including phenoxy) is 1. The minimum Gasteiger partial charge on any atom is -0.497 e. The van der Waals surface area contributed by atoms with Gasteiger partial charge in [0.2, 0.25) is 0 Å². The summed E-state index contributed by atoms with van der Waals surface area (Å²) in [6.45, 7) is 0.935. The Hall–Kier alpha value is -3.27. The number of rotatable bonds is 3. The minimum atomic E-state index is -0.865. The summed E-state index contributed by atoms with van der Waals surface area (Å²) in [5, 5.41) is 23.5. The van der Waals surface area contributed by atoms with Crippen molar-refractivity contribution in [3.05, 3.63) is 80.5 Å². The number of aliphatic hydroxyl groups is 1. The molecule has 36 heavy (non-hydrogen) atoms. The first-order valence-corrected chi connectivity index (χ1v) is 13.0. The second-order valence-electron chi connectivity index (χ2n) is 10.4. The standard InChI is InChI=1S/C27H26N4O4S/c1-29-10-9-26-13-22-23(14-27(26,32)24(29)11-17-5-8-19(35-2)12-20(17)26)36-25-28-21(15-30(22)25)16-3-6-18(7-4-16)31(33)34/h3-8,12,15,24,32H,9-11,13-14H2,1-2H3/t24-,26-,27-/m1/s1. The predicted molar refractivity (Wildman–Crippen MR) is 137 cm³/mol. The lowest BCUT2D eigenvalue weighted by Gasteiger charge is -2.62. The molecule has 2 bridgehead atoms. The molecule has 1 N–H and O–H groups in total. The summed E-state index contributed by atoms with van der Waals surface area (Å²) in [5.74, 6) is 0.826. The Morgan fingerprint density at radius 2 is 2.03 bits per heavy atom. The molecule has 0 saturated carbocycles. The number of nitro benzene ring substituents is 1. The van der Waals surface area contributed by atoms with Crippen molar-refractivity contribution in [3.8, 4) is 17.0 Å². The minimum absolute atomic E-state index is 0.0605. The van der Waals surface area contributed by atoms with Gasteiger partial charge in [-0.1, -0.05) is 6.07 Å². The van der Waals surface area contributed by atoms with E-state index in [0.29, 0.717) is 6.42 Å². The summed E-state index contributed by atoms with van der Waals surface area (Å²) < 4.78 is 7.77. The van der Waals surface area contributed by atoms with Gasteiger partial charge in [0.05, 0.1) is 23.3 Å². The van der Waals surface area contributed by atoms with E-state index < -0.39 is 15.9 Å². The molecule has 3 atom stereocenters. The number of non-ortho nitro benzene ring substituents is 1. The number of likely N-dealkylation sites (tertiary alicyclic amines) is 1. The summed E-state index contributed by atoms with van der Waals surface area (Å²) in [6.07, 6.45) is 5.08. The molecule has 2 aromatic heterocycles. The highest BCUT2D eigenvalue weighted by molar-refractivity contribution is 7.17. The lowest BCUT2D eigenvalue weighted by atomic mass is 9.50. The highest BCUT2D eigenvalue weighted by Crippen LogP contribution is 2.58. The molecule has 8 nitrogen and oxygen atoms in total. The smallest absolute Gasteiger partial charge is 0.269 e. The fourth-order valence-corrected chi connectivity index (χ4v) is 8.14. The number of likely N-dealkylation sites (N-methyl/N-ethyl adjacent to an activating group) is 1. The van der Waals surface area contributed by atoms with Crippen molar-refractivity contribution in [2.24, 2.45) is 0 Å². The van der Waals surface area contributed by atoms with Gasteiger partial charge in [-0.25, -0.2) is 4.98 Å². The van der Waals surface area contributed by atoms with E-state index in [1.807, 2.05) is 12.3 Å². The normalized spacial score (nSPS) is 26.8. The molecule has 7 rings (SSSR count). The van der Waals surface area contributed by atoms with Crippen LogP contribution in [-0.4, -0.2) is 56.7 Å². The maximum absolute atomic E-state index is 12.5. The maximum atomic E-state index is 12.5. The van der Waals surface area contributed by atoms with Crippen molar-refractivity contribution in [2.75, 3.05) is 20.7 Å². The fraction of sp³-hybridized carbons (Fsp3) is 0.370. The molecular weight excluding hydrogens is 476 g/mol. The van der Waals surface area contributed by atoms with E-state index in [0.717, 1.165) is 47.8 Å². The number of thiazole rings is 1. The van der Waals surface area contributed by atoms with Crippen molar-refractivity contribution in [1.29, 1.82) is 0 Å². The molecule has 4 aromatic rings. The molecule has 1 saturated heterocycles. The molecule has 3 heterocycles. The average molecular weight is 503 g/mol. The SMILES string of the molecule is COc1ccc2c(c1)[C@]13CCN(C)[C@H](C2)[C@]1(O)Cc1sc2nc(-c4ccc([N+](=O)[O-])cc4)cn2c1C3. The van der Waals surface area contributed by atoms with Gasteiger partial charge < -0.3 is 14.7 Å². The Morgan fingerprint density at radius 1 is 1.22 bits per heavy atom. The van der Waals surface area contributed by atoms with Crippen LogP contribution in [-0.2, 0) is 24.7 Å². The topological polar surface area (TPSA) is 93.1 Å². The van der Waals surface area contributed by atoms with Crippen LogP contribution in [0.5, 0.6) is 5.75 Å². The third-order valence-electron chi connectivity index (χ3n) is 8.82. The molecule has 3 aliphatic rings. The predicted octanol–water partition coefficient (Wildman–Crippen LogP) is 4.01. The maximum Gasteiger partial charge on any atom is 0.269 e. The van der Waals surface area contributed by atoms with Crippen LogP contribution in [0.15, 0.2) is 48.7 Å². The zero-order valence-electron chi connectivity index (χ0n) is 20.1. The number of nitro groups is 1.